The van der Waals surface area contributed by atoms with Crippen molar-refractivity contribution in [2.45, 2.75) is 44.0 Å². The topological polar surface area (TPSA) is 72.6 Å². The predicted octanol–water partition coefficient (Wildman–Crippen LogP) is 2.47. The molecule has 134 valence electrons. The molecule has 24 heavy (non-hydrogen) atoms. The minimum atomic E-state index is -3.45. The van der Waals surface area contributed by atoms with Crippen LogP contribution in [-0.2, 0) is 10.0 Å². The Hall–Kier alpha value is -1.11. The van der Waals surface area contributed by atoms with Gasteiger partial charge in [-0.1, -0.05) is 20.3 Å². The molecule has 1 aliphatic heterocycles. The Labute approximate surface area is 145 Å². The first kappa shape index (κ1) is 17.7. The molecule has 0 radical (unpaired) electrons. The molecule has 3 rings (SSSR count). The normalized spacial score (nSPS) is 28.1. The van der Waals surface area contributed by atoms with Gasteiger partial charge in [0.15, 0.2) is 0 Å². The maximum absolute atomic E-state index is 12.9. The van der Waals surface area contributed by atoms with Crippen molar-refractivity contribution in [1.29, 1.82) is 0 Å². The molecule has 1 aromatic rings. The molecule has 1 aromatic carbocycles. The van der Waals surface area contributed by atoms with E-state index in [9.17, 15) is 8.42 Å². The molecule has 2 fully saturated rings. The van der Waals surface area contributed by atoms with Gasteiger partial charge in [-0.15, -0.1) is 0 Å². The van der Waals surface area contributed by atoms with Gasteiger partial charge in [-0.05, 0) is 54.9 Å². The van der Waals surface area contributed by atoms with E-state index in [1.807, 2.05) is 0 Å². The Morgan fingerprint density at radius 2 is 1.92 bits per heavy atom. The van der Waals surface area contributed by atoms with Crippen LogP contribution in [0.3, 0.4) is 0 Å². The summed E-state index contributed by atoms with van der Waals surface area (Å²) >= 11 is 0. The molecule has 1 heterocycles. The van der Waals surface area contributed by atoms with Gasteiger partial charge in [0, 0.05) is 19.1 Å². The van der Waals surface area contributed by atoms with E-state index in [0.717, 1.165) is 19.3 Å². The van der Waals surface area contributed by atoms with Crippen molar-refractivity contribution in [3.63, 3.8) is 0 Å². The highest BCUT2D eigenvalue weighted by Gasteiger charge is 2.43. The summed E-state index contributed by atoms with van der Waals surface area (Å²) in [4.78, 5) is 0.339. The van der Waals surface area contributed by atoms with E-state index < -0.39 is 10.0 Å². The Morgan fingerprint density at radius 3 is 2.54 bits per heavy atom. The highest BCUT2D eigenvalue weighted by molar-refractivity contribution is 7.89. The van der Waals surface area contributed by atoms with Crippen molar-refractivity contribution in [3.05, 3.63) is 24.3 Å². The molecule has 3 unspecified atom stereocenters. The van der Waals surface area contributed by atoms with Gasteiger partial charge < -0.3 is 10.5 Å². The van der Waals surface area contributed by atoms with Gasteiger partial charge >= 0.3 is 0 Å². The predicted molar refractivity (Wildman–Crippen MR) is 94.3 cm³/mol. The van der Waals surface area contributed by atoms with Gasteiger partial charge in [0.1, 0.15) is 5.75 Å². The second-order valence-electron chi connectivity index (χ2n) is 7.52. The number of benzene rings is 1. The fourth-order valence-electron chi connectivity index (χ4n) is 3.79. The summed E-state index contributed by atoms with van der Waals surface area (Å²) in [6.07, 6.45) is 3.21. The number of ether oxygens (including phenoxy) is 1. The Bertz CT molecular complexity index is 657. The zero-order chi connectivity index (χ0) is 17.3. The molecule has 2 aliphatic rings. The van der Waals surface area contributed by atoms with E-state index in [2.05, 4.69) is 13.8 Å². The molecular weight excluding hydrogens is 324 g/mol. The highest BCUT2D eigenvalue weighted by atomic mass is 32.2. The Kier molecular flexibility index (Phi) is 5.18. The fourth-order valence-corrected chi connectivity index (χ4v) is 5.33. The molecule has 0 bridgehead atoms. The van der Waals surface area contributed by atoms with E-state index >= 15 is 0 Å². The van der Waals surface area contributed by atoms with Crippen LogP contribution in [0.5, 0.6) is 5.75 Å². The minimum Gasteiger partial charge on any atom is -0.493 e. The van der Waals surface area contributed by atoms with Crippen molar-refractivity contribution in [1.82, 2.24) is 4.31 Å². The van der Waals surface area contributed by atoms with Crippen molar-refractivity contribution in [2.24, 2.45) is 23.5 Å². The standard InChI is InChI=1S/C18H28N2O3S/c1-13(2)12-23-15-6-8-16(9-7-15)24(21,22)20-10-14-4-3-5-18(19)17(14)11-20/h6-9,13-14,17-18H,3-5,10-12,19H2,1-2H3. The van der Waals surface area contributed by atoms with Crippen LogP contribution >= 0.6 is 0 Å². The molecule has 0 amide bonds. The third kappa shape index (κ3) is 3.60. The molecule has 2 N–H and O–H groups in total. The molecule has 1 saturated heterocycles. The van der Waals surface area contributed by atoms with Crippen molar-refractivity contribution >= 4 is 10.0 Å². The minimum absolute atomic E-state index is 0.135. The summed E-state index contributed by atoms with van der Waals surface area (Å²) in [6.45, 7) is 5.94. The third-order valence-corrected chi connectivity index (χ3v) is 7.01. The van der Waals surface area contributed by atoms with Gasteiger partial charge in [-0.25, -0.2) is 8.42 Å². The molecule has 3 atom stereocenters. The Morgan fingerprint density at radius 1 is 1.21 bits per heavy atom. The van der Waals surface area contributed by atoms with Crippen LogP contribution < -0.4 is 10.5 Å². The van der Waals surface area contributed by atoms with E-state index in [4.69, 9.17) is 10.5 Å². The van der Waals surface area contributed by atoms with E-state index in [1.165, 1.54) is 0 Å². The Balaban J connectivity index is 1.71. The molecule has 0 aromatic heterocycles. The maximum Gasteiger partial charge on any atom is 0.243 e. The number of hydrogen-bond acceptors (Lipinski definition) is 4. The van der Waals surface area contributed by atoms with Gasteiger partial charge in [0.05, 0.1) is 11.5 Å². The highest BCUT2D eigenvalue weighted by Crippen LogP contribution is 2.37. The number of nitrogens with two attached hydrogens (primary N) is 1. The van der Waals surface area contributed by atoms with Crippen LogP contribution in [0.4, 0.5) is 0 Å². The second-order valence-corrected chi connectivity index (χ2v) is 9.45. The third-order valence-electron chi connectivity index (χ3n) is 5.17. The largest absolute Gasteiger partial charge is 0.493 e. The van der Waals surface area contributed by atoms with Gasteiger partial charge in [-0.3, -0.25) is 0 Å². The first-order valence-electron chi connectivity index (χ1n) is 8.86. The smallest absolute Gasteiger partial charge is 0.243 e. The summed E-state index contributed by atoms with van der Waals surface area (Å²) in [5.41, 5.74) is 6.20. The number of nitrogens with zero attached hydrogens (tertiary/aromatic N) is 1. The molecular formula is C18H28N2O3S. The van der Waals surface area contributed by atoms with Crippen molar-refractivity contribution in [3.8, 4) is 5.75 Å². The maximum atomic E-state index is 12.9. The van der Waals surface area contributed by atoms with Crippen LogP contribution in [-0.4, -0.2) is 38.5 Å². The van der Waals surface area contributed by atoms with Crippen molar-refractivity contribution < 1.29 is 13.2 Å². The van der Waals surface area contributed by atoms with E-state index in [0.29, 0.717) is 48.1 Å². The number of sulfonamides is 1. The fraction of sp³-hybridized carbons (Fsp3) is 0.667. The summed E-state index contributed by atoms with van der Waals surface area (Å²) in [6, 6.07) is 6.91. The van der Waals surface area contributed by atoms with Gasteiger partial charge in [0.2, 0.25) is 10.0 Å². The van der Waals surface area contributed by atoms with Crippen LogP contribution in [0.1, 0.15) is 33.1 Å². The zero-order valence-electron chi connectivity index (χ0n) is 14.5. The van der Waals surface area contributed by atoms with E-state index in [1.54, 1.807) is 28.6 Å². The molecule has 1 aliphatic carbocycles. The second kappa shape index (κ2) is 7.02. The first-order chi connectivity index (χ1) is 11.4. The average Bonchev–Trinajstić information content (AvgIpc) is 3.00. The number of hydrogen-bond donors (Lipinski definition) is 1. The van der Waals surface area contributed by atoms with Crippen LogP contribution in [0.2, 0.25) is 0 Å². The number of rotatable bonds is 5. The first-order valence-corrected chi connectivity index (χ1v) is 10.3. The lowest BCUT2D eigenvalue weighted by Crippen LogP contribution is -2.38. The average molecular weight is 353 g/mol. The van der Waals surface area contributed by atoms with E-state index in [-0.39, 0.29) is 6.04 Å². The lowest BCUT2D eigenvalue weighted by Gasteiger charge is -2.29. The monoisotopic (exact) mass is 352 g/mol. The molecule has 1 saturated carbocycles. The summed E-state index contributed by atoms with van der Waals surface area (Å²) in [7, 11) is -3.45. The lowest BCUT2D eigenvalue weighted by atomic mass is 9.78. The van der Waals surface area contributed by atoms with Crippen LogP contribution in [0.15, 0.2) is 29.2 Å². The quantitative estimate of drug-likeness (QED) is 0.883. The van der Waals surface area contributed by atoms with Gasteiger partial charge in [-0.2, -0.15) is 4.31 Å². The molecule has 5 nitrogen and oxygen atoms in total. The summed E-state index contributed by atoms with van der Waals surface area (Å²) in [5, 5.41) is 0. The van der Waals surface area contributed by atoms with Crippen LogP contribution in [0, 0.1) is 17.8 Å². The SMILES string of the molecule is CC(C)COc1ccc(S(=O)(=O)N2CC3CCCC(N)C3C2)cc1. The molecule has 6 heteroatoms. The summed E-state index contributed by atoms with van der Waals surface area (Å²) in [5.74, 6) is 1.87. The van der Waals surface area contributed by atoms with Crippen molar-refractivity contribution in [2.75, 3.05) is 19.7 Å². The summed E-state index contributed by atoms with van der Waals surface area (Å²) < 4.78 is 33.1. The number of fused-ring (bicyclic) bond motifs is 1. The lowest BCUT2D eigenvalue weighted by molar-refractivity contribution is 0.260. The zero-order valence-corrected chi connectivity index (χ0v) is 15.3. The molecule has 0 spiro atoms. The van der Waals surface area contributed by atoms with Crippen LogP contribution in [0.25, 0.3) is 0 Å². The van der Waals surface area contributed by atoms with Gasteiger partial charge in [0.25, 0.3) is 0 Å².